The smallest absolute Gasteiger partial charge is 0.139 e. The first-order valence-electron chi connectivity index (χ1n) is 9.99. The number of nitrogens with zero attached hydrogens (tertiary/aromatic N) is 1. The van der Waals surface area contributed by atoms with Gasteiger partial charge in [0.25, 0.3) is 0 Å². The summed E-state index contributed by atoms with van der Waals surface area (Å²) in [6.07, 6.45) is 2.24. The van der Waals surface area contributed by atoms with Gasteiger partial charge in [-0.25, -0.2) is 4.98 Å². The van der Waals surface area contributed by atoms with E-state index in [-0.39, 0.29) is 0 Å². The van der Waals surface area contributed by atoms with Crippen LogP contribution in [0.3, 0.4) is 0 Å². The summed E-state index contributed by atoms with van der Waals surface area (Å²) in [6.45, 7) is 2.21. The number of fused-ring (bicyclic) bond motifs is 2. The summed E-state index contributed by atoms with van der Waals surface area (Å²) >= 11 is 3.83. The molecule has 0 fully saturated rings. The van der Waals surface area contributed by atoms with Crippen molar-refractivity contribution in [3.8, 4) is 22.5 Å². The van der Waals surface area contributed by atoms with Gasteiger partial charge >= 0.3 is 0 Å². The first-order chi connectivity index (χ1) is 14.2. The third kappa shape index (κ3) is 3.36. The molecule has 0 bridgehead atoms. The monoisotopic (exact) mass is 440 g/mol. The average molecular weight is 441 g/mol. The van der Waals surface area contributed by atoms with E-state index < -0.39 is 0 Å². The number of hydrogen-bond donors (Lipinski definition) is 1. The topological polar surface area (TPSA) is 28.7 Å². The molecule has 5 rings (SSSR count). The van der Waals surface area contributed by atoms with Crippen LogP contribution >= 0.6 is 15.9 Å². The lowest BCUT2D eigenvalue weighted by atomic mass is 9.94. The number of rotatable bonds is 4. The summed E-state index contributed by atoms with van der Waals surface area (Å²) in [4.78, 5) is 8.39. The van der Waals surface area contributed by atoms with E-state index in [1.807, 2.05) is 18.2 Å². The van der Waals surface area contributed by atoms with E-state index in [9.17, 15) is 0 Å². The van der Waals surface area contributed by atoms with Gasteiger partial charge in [0, 0.05) is 10.0 Å². The molecule has 0 radical (unpaired) electrons. The van der Waals surface area contributed by atoms with Crippen LogP contribution in [0, 0.1) is 0 Å². The molecule has 5 aromatic rings. The number of aromatic amines is 1. The van der Waals surface area contributed by atoms with Crippen LogP contribution in [-0.4, -0.2) is 9.97 Å². The SMILES string of the molecule is CCCc1ccc(-c2cc3ccccc3cc2-c2nc3ccccc3[nH]2)c(Br)c1. The van der Waals surface area contributed by atoms with Gasteiger partial charge in [-0.1, -0.05) is 77.8 Å². The molecule has 0 spiro atoms. The predicted octanol–water partition coefficient (Wildman–Crippen LogP) is 7.77. The van der Waals surface area contributed by atoms with Crippen LogP contribution in [0.2, 0.25) is 0 Å². The highest BCUT2D eigenvalue weighted by atomic mass is 79.9. The first-order valence-corrected chi connectivity index (χ1v) is 10.8. The molecule has 29 heavy (non-hydrogen) atoms. The van der Waals surface area contributed by atoms with Crippen molar-refractivity contribution in [2.75, 3.05) is 0 Å². The van der Waals surface area contributed by atoms with E-state index in [4.69, 9.17) is 4.98 Å². The maximum Gasteiger partial charge on any atom is 0.139 e. The van der Waals surface area contributed by atoms with Gasteiger partial charge in [0.2, 0.25) is 0 Å². The van der Waals surface area contributed by atoms with Crippen LogP contribution in [0.25, 0.3) is 44.3 Å². The Labute approximate surface area is 178 Å². The molecule has 3 heteroatoms. The lowest BCUT2D eigenvalue weighted by Crippen LogP contribution is -1.91. The van der Waals surface area contributed by atoms with Crippen LogP contribution in [-0.2, 0) is 6.42 Å². The van der Waals surface area contributed by atoms with Gasteiger partial charge in [-0.05, 0) is 64.2 Å². The minimum absolute atomic E-state index is 0.900. The molecule has 0 aliphatic rings. The normalized spacial score (nSPS) is 11.4. The Hall–Kier alpha value is -2.91. The Kier molecular flexibility index (Phi) is 4.69. The van der Waals surface area contributed by atoms with Crippen molar-refractivity contribution in [3.05, 3.63) is 88.9 Å². The number of H-pyrrole nitrogens is 1. The van der Waals surface area contributed by atoms with Gasteiger partial charge in [0.05, 0.1) is 11.0 Å². The Morgan fingerprint density at radius 3 is 2.24 bits per heavy atom. The summed E-state index contributed by atoms with van der Waals surface area (Å²) in [6, 6.07) is 27.9. The van der Waals surface area contributed by atoms with Crippen molar-refractivity contribution in [2.45, 2.75) is 19.8 Å². The summed E-state index contributed by atoms with van der Waals surface area (Å²) in [7, 11) is 0. The van der Waals surface area contributed by atoms with Gasteiger partial charge in [0.1, 0.15) is 5.82 Å². The van der Waals surface area contributed by atoms with Crippen molar-refractivity contribution in [3.63, 3.8) is 0 Å². The number of nitrogens with one attached hydrogen (secondary N) is 1. The molecule has 1 heterocycles. The Bertz CT molecular complexity index is 1300. The molecule has 0 saturated carbocycles. The number of aromatic nitrogens is 2. The fourth-order valence-electron chi connectivity index (χ4n) is 3.96. The minimum Gasteiger partial charge on any atom is -0.338 e. The summed E-state index contributed by atoms with van der Waals surface area (Å²) in [5.74, 6) is 0.900. The Balaban J connectivity index is 1.76. The summed E-state index contributed by atoms with van der Waals surface area (Å²) in [5, 5.41) is 2.44. The molecule has 1 N–H and O–H groups in total. The van der Waals surface area contributed by atoms with Gasteiger partial charge in [-0.15, -0.1) is 0 Å². The fourth-order valence-corrected chi connectivity index (χ4v) is 4.60. The fraction of sp³-hybridized carbons (Fsp3) is 0.115. The lowest BCUT2D eigenvalue weighted by Gasteiger charge is -2.13. The molecule has 2 nitrogen and oxygen atoms in total. The van der Waals surface area contributed by atoms with E-state index >= 15 is 0 Å². The number of para-hydroxylation sites is 2. The summed E-state index contributed by atoms with van der Waals surface area (Å²) < 4.78 is 1.12. The van der Waals surface area contributed by atoms with Gasteiger partial charge in [-0.2, -0.15) is 0 Å². The highest BCUT2D eigenvalue weighted by Gasteiger charge is 2.15. The summed E-state index contributed by atoms with van der Waals surface area (Å²) in [5.41, 5.74) is 6.87. The van der Waals surface area contributed by atoms with E-state index in [0.29, 0.717) is 0 Å². The van der Waals surface area contributed by atoms with Gasteiger partial charge in [0.15, 0.2) is 0 Å². The zero-order chi connectivity index (χ0) is 19.8. The van der Waals surface area contributed by atoms with Crippen molar-refractivity contribution in [1.29, 1.82) is 0 Å². The molecule has 0 unspecified atom stereocenters. The molecule has 4 aromatic carbocycles. The largest absolute Gasteiger partial charge is 0.338 e. The molecule has 1 aromatic heterocycles. The highest BCUT2D eigenvalue weighted by Crippen LogP contribution is 2.39. The van der Waals surface area contributed by atoms with Gasteiger partial charge < -0.3 is 4.98 Å². The van der Waals surface area contributed by atoms with E-state index in [2.05, 4.69) is 88.5 Å². The molecular weight excluding hydrogens is 420 g/mol. The quantitative estimate of drug-likeness (QED) is 0.303. The molecule has 0 amide bonds. The molecule has 0 aliphatic heterocycles. The third-order valence-electron chi connectivity index (χ3n) is 5.39. The lowest BCUT2D eigenvalue weighted by molar-refractivity contribution is 0.921. The van der Waals surface area contributed by atoms with E-state index in [1.165, 1.54) is 27.5 Å². The van der Waals surface area contributed by atoms with Crippen LogP contribution < -0.4 is 0 Å². The second-order valence-electron chi connectivity index (χ2n) is 7.41. The zero-order valence-electron chi connectivity index (χ0n) is 16.2. The Morgan fingerprint density at radius 1 is 0.793 bits per heavy atom. The first kappa shape index (κ1) is 18.1. The number of hydrogen-bond acceptors (Lipinski definition) is 1. The minimum atomic E-state index is 0.900. The average Bonchev–Trinajstić information content (AvgIpc) is 3.17. The van der Waals surface area contributed by atoms with Crippen LogP contribution in [0.5, 0.6) is 0 Å². The number of aryl methyl sites for hydroxylation is 1. The van der Waals surface area contributed by atoms with E-state index in [1.54, 1.807) is 0 Å². The molecule has 142 valence electrons. The third-order valence-corrected chi connectivity index (χ3v) is 6.05. The molecule has 0 aliphatic carbocycles. The maximum absolute atomic E-state index is 4.88. The Morgan fingerprint density at radius 2 is 1.52 bits per heavy atom. The number of benzene rings is 4. The van der Waals surface area contributed by atoms with Crippen molar-refractivity contribution in [1.82, 2.24) is 9.97 Å². The van der Waals surface area contributed by atoms with Crippen molar-refractivity contribution < 1.29 is 0 Å². The molecular formula is C26H21BrN2. The highest BCUT2D eigenvalue weighted by molar-refractivity contribution is 9.10. The number of halogens is 1. The number of imidazole rings is 1. The van der Waals surface area contributed by atoms with Crippen molar-refractivity contribution >= 4 is 37.7 Å². The predicted molar refractivity (Wildman–Crippen MR) is 126 cm³/mol. The maximum atomic E-state index is 4.88. The second-order valence-corrected chi connectivity index (χ2v) is 8.27. The zero-order valence-corrected chi connectivity index (χ0v) is 17.8. The second kappa shape index (κ2) is 7.49. The van der Waals surface area contributed by atoms with Crippen molar-refractivity contribution in [2.24, 2.45) is 0 Å². The molecule has 0 atom stereocenters. The molecule has 0 saturated heterocycles. The van der Waals surface area contributed by atoms with Crippen LogP contribution in [0.1, 0.15) is 18.9 Å². The van der Waals surface area contributed by atoms with Crippen LogP contribution in [0.4, 0.5) is 0 Å². The standard InChI is InChI=1S/C26H21BrN2/c1-2-7-17-12-13-20(23(27)14-17)21-15-18-8-3-4-9-19(18)16-22(21)26-28-24-10-5-6-11-25(24)29-26/h3-6,8-16H,2,7H2,1H3,(H,28,29). The van der Waals surface area contributed by atoms with E-state index in [0.717, 1.165) is 39.7 Å². The van der Waals surface area contributed by atoms with Crippen LogP contribution in [0.15, 0.2) is 83.3 Å². The van der Waals surface area contributed by atoms with Gasteiger partial charge in [-0.3, -0.25) is 0 Å².